The minimum Gasteiger partial charge on any atom is -0.323 e. The Morgan fingerprint density at radius 1 is 1.48 bits per heavy atom. The van der Waals surface area contributed by atoms with Gasteiger partial charge in [-0.05, 0) is 37.5 Å². The van der Waals surface area contributed by atoms with E-state index in [9.17, 15) is 9.59 Å². The van der Waals surface area contributed by atoms with Gasteiger partial charge >= 0.3 is 6.03 Å². The lowest BCUT2D eigenvalue weighted by Crippen LogP contribution is -2.49. The van der Waals surface area contributed by atoms with Gasteiger partial charge in [-0.15, -0.1) is 0 Å². The summed E-state index contributed by atoms with van der Waals surface area (Å²) >= 11 is 1.09. The topological polar surface area (TPSA) is 75.2 Å². The van der Waals surface area contributed by atoms with E-state index in [4.69, 9.17) is 0 Å². The lowest BCUT2D eigenvalue weighted by Gasteiger charge is -2.27. The molecule has 0 unspecified atom stereocenters. The monoisotopic (exact) mass is 308 g/mol. The molecule has 0 bridgehead atoms. The molecule has 1 atom stereocenters. The average molecular weight is 308 g/mol. The molecule has 0 aromatic carbocycles. The van der Waals surface area contributed by atoms with Crippen LogP contribution in [0.15, 0.2) is 6.20 Å². The molecule has 7 heteroatoms. The zero-order valence-electron chi connectivity index (χ0n) is 12.3. The molecule has 1 aliphatic carbocycles. The number of nitrogens with zero attached hydrogens (tertiary/aromatic N) is 3. The van der Waals surface area contributed by atoms with Gasteiger partial charge in [0.15, 0.2) is 0 Å². The number of imide groups is 1. The maximum Gasteiger partial charge on any atom is 0.325 e. The van der Waals surface area contributed by atoms with Crippen molar-refractivity contribution in [2.24, 2.45) is 11.8 Å². The van der Waals surface area contributed by atoms with Crippen molar-refractivity contribution < 1.29 is 9.59 Å². The normalized spacial score (nSPS) is 25.8. The highest BCUT2D eigenvalue weighted by Crippen LogP contribution is 2.46. The molecule has 1 N–H and O–H groups in total. The number of hydrogen-bond acceptors (Lipinski definition) is 5. The maximum absolute atomic E-state index is 12.9. The number of aromatic nitrogens is 2. The predicted octanol–water partition coefficient (Wildman–Crippen LogP) is 2.17. The molecule has 1 saturated heterocycles. The van der Waals surface area contributed by atoms with Crippen molar-refractivity contribution in [3.05, 3.63) is 11.9 Å². The van der Waals surface area contributed by atoms with E-state index in [2.05, 4.69) is 27.9 Å². The zero-order valence-corrected chi connectivity index (χ0v) is 13.2. The van der Waals surface area contributed by atoms with Crippen LogP contribution < -0.4 is 5.32 Å². The Hall–Kier alpha value is -1.50. The summed E-state index contributed by atoms with van der Waals surface area (Å²) in [6, 6.07) is -0.288. The summed E-state index contributed by atoms with van der Waals surface area (Å²) in [4.78, 5) is 26.4. The molecule has 1 saturated carbocycles. The fourth-order valence-corrected chi connectivity index (χ4v) is 3.37. The summed E-state index contributed by atoms with van der Waals surface area (Å²) in [5.74, 6) is 0.733. The zero-order chi connectivity index (χ0) is 15.0. The molecule has 1 aromatic heterocycles. The van der Waals surface area contributed by atoms with E-state index in [1.165, 1.54) is 4.90 Å². The number of nitrogens with one attached hydrogen (secondary N) is 1. The highest BCUT2D eigenvalue weighted by Gasteiger charge is 2.58. The first kappa shape index (κ1) is 14.4. The van der Waals surface area contributed by atoms with E-state index in [-0.39, 0.29) is 18.5 Å². The third-order valence-corrected chi connectivity index (χ3v) is 4.84. The van der Waals surface area contributed by atoms with E-state index in [0.717, 1.165) is 37.4 Å². The summed E-state index contributed by atoms with van der Waals surface area (Å²) < 4.78 is 8.01. The van der Waals surface area contributed by atoms with E-state index in [0.29, 0.717) is 17.5 Å². The Balaban J connectivity index is 1.79. The smallest absolute Gasteiger partial charge is 0.323 e. The SMILES string of the molecule is CC(C)CC[C@@]1(C2CC2)NC(=O)N(Cc2cnsn2)C1=O. The van der Waals surface area contributed by atoms with E-state index in [1.54, 1.807) is 6.20 Å². The highest BCUT2D eigenvalue weighted by molar-refractivity contribution is 6.99. The van der Waals surface area contributed by atoms with Crippen molar-refractivity contribution in [2.45, 2.75) is 51.6 Å². The highest BCUT2D eigenvalue weighted by atomic mass is 32.1. The molecule has 0 radical (unpaired) electrons. The van der Waals surface area contributed by atoms with Crippen LogP contribution in [0.1, 0.15) is 45.2 Å². The molecule has 2 aliphatic rings. The molecule has 3 rings (SSSR count). The minimum absolute atomic E-state index is 0.0800. The number of rotatable bonds is 6. The van der Waals surface area contributed by atoms with Gasteiger partial charge in [0.05, 0.1) is 30.2 Å². The number of hydrogen-bond donors (Lipinski definition) is 1. The molecule has 2 fully saturated rings. The quantitative estimate of drug-likeness (QED) is 0.817. The number of carbonyl (C=O) groups is 2. The number of carbonyl (C=O) groups excluding carboxylic acids is 2. The van der Waals surface area contributed by atoms with Gasteiger partial charge in [0.2, 0.25) is 0 Å². The molecule has 114 valence electrons. The van der Waals surface area contributed by atoms with Crippen LogP contribution in [0.3, 0.4) is 0 Å². The van der Waals surface area contributed by atoms with E-state index in [1.807, 2.05) is 0 Å². The van der Waals surface area contributed by atoms with Gasteiger partial charge in [0.1, 0.15) is 5.54 Å². The third kappa shape index (κ3) is 2.66. The van der Waals surface area contributed by atoms with Crippen LogP contribution in [-0.2, 0) is 11.3 Å². The van der Waals surface area contributed by atoms with Crippen LogP contribution in [-0.4, -0.2) is 31.1 Å². The summed E-state index contributed by atoms with van der Waals surface area (Å²) in [6.07, 6.45) is 5.32. The molecular formula is C14H20N4O2S. The van der Waals surface area contributed by atoms with Crippen LogP contribution >= 0.6 is 11.7 Å². The molecule has 1 aromatic rings. The number of amides is 3. The van der Waals surface area contributed by atoms with Gasteiger partial charge in [0, 0.05) is 0 Å². The van der Waals surface area contributed by atoms with Crippen LogP contribution in [0.4, 0.5) is 4.79 Å². The maximum atomic E-state index is 12.9. The predicted molar refractivity (Wildman–Crippen MR) is 78.5 cm³/mol. The molecule has 21 heavy (non-hydrogen) atoms. The Labute approximate surface area is 128 Å². The second kappa shape index (κ2) is 5.36. The first-order chi connectivity index (χ1) is 10.0. The molecule has 3 amide bonds. The van der Waals surface area contributed by atoms with Crippen molar-refractivity contribution >= 4 is 23.7 Å². The minimum atomic E-state index is -0.676. The average Bonchev–Trinajstić information content (AvgIpc) is 3.12. The fourth-order valence-electron chi connectivity index (χ4n) is 2.95. The number of urea groups is 1. The van der Waals surface area contributed by atoms with Crippen LogP contribution in [0.2, 0.25) is 0 Å². The van der Waals surface area contributed by atoms with Crippen molar-refractivity contribution in [3.8, 4) is 0 Å². The molecule has 0 spiro atoms. The third-order valence-electron chi connectivity index (χ3n) is 4.32. The van der Waals surface area contributed by atoms with Gasteiger partial charge in [-0.25, -0.2) is 4.79 Å². The first-order valence-electron chi connectivity index (χ1n) is 7.43. The van der Waals surface area contributed by atoms with Crippen molar-refractivity contribution in [1.82, 2.24) is 19.0 Å². The second-order valence-corrected chi connectivity index (χ2v) is 6.96. The Morgan fingerprint density at radius 3 is 2.81 bits per heavy atom. The van der Waals surface area contributed by atoms with Crippen molar-refractivity contribution in [2.75, 3.05) is 0 Å². The standard InChI is InChI=1S/C14H20N4O2S/c1-9(2)5-6-14(10-3-4-10)12(19)18(13(20)16-14)8-11-7-15-21-17-11/h7,9-10H,3-6,8H2,1-2H3,(H,16,20)/t14-/m0/s1. The largest absolute Gasteiger partial charge is 0.325 e. The van der Waals surface area contributed by atoms with Gasteiger partial charge in [-0.2, -0.15) is 8.75 Å². The van der Waals surface area contributed by atoms with Crippen molar-refractivity contribution in [1.29, 1.82) is 0 Å². The molecule has 1 aliphatic heterocycles. The lowest BCUT2D eigenvalue weighted by molar-refractivity contribution is -0.132. The van der Waals surface area contributed by atoms with Crippen LogP contribution in [0.5, 0.6) is 0 Å². The van der Waals surface area contributed by atoms with Crippen molar-refractivity contribution in [3.63, 3.8) is 0 Å². The van der Waals surface area contributed by atoms with E-state index < -0.39 is 5.54 Å². The Bertz CT molecular complexity index is 541. The summed E-state index contributed by atoms with van der Waals surface area (Å²) in [5.41, 5.74) is -0.0101. The van der Waals surface area contributed by atoms with Crippen LogP contribution in [0, 0.1) is 11.8 Å². The van der Waals surface area contributed by atoms with Gasteiger partial charge in [-0.1, -0.05) is 13.8 Å². The first-order valence-corrected chi connectivity index (χ1v) is 8.16. The molecule has 2 heterocycles. The van der Waals surface area contributed by atoms with Gasteiger partial charge in [-0.3, -0.25) is 9.69 Å². The Kier molecular flexibility index (Phi) is 3.69. The van der Waals surface area contributed by atoms with Gasteiger partial charge < -0.3 is 5.32 Å². The summed E-state index contributed by atoms with van der Waals surface area (Å²) in [6.45, 7) is 4.50. The van der Waals surface area contributed by atoms with Gasteiger partial charge in [0.25, 0.3) is 5.91 Å². The summed E-state index contributed by atoms with van der Waals surface area (Å²) in [7, 11) is 0. The molecular weight excluding hydrogens is 288 g/mol. The molecule has 6 nitrogen and oxygen atoms in total. The summed E-state index contributed by atoms with van der Waals surface area (Å²) in [5, 5.41) is 2.99. The fraction of sp³-hybridized carbons (Fsp3) is 0.714. The van der Waals surface area contributed by atoms with E-state index >= 15 is 0 Å². The Morgan fingerprint density at radius 2 is 2.24 bits per heavy atom. The second-order valence-electron chi connectivity index (χ2n) is 6.40. The van der Waals surface area contributed by atoms with Crippen LogP contribution in [0.25, 0.3) is 0 Å². The lowest BCUT2D eigenvalue weighted by atomic mass is 9.85.